The van der Waals surface area contributed by atoms with Crippen LogP contribution in [0.2, 0.25) is 0 Å². The summed E-state index contributed by atoms with van der Waals surface area (Å²) in [4.78, 5) is 25.7. The number of rotatable bonds is 17. The second-order valence-corrected chi connectivity index (χ2v) is 7.90. The minimum Gasteiger partial charge on any atom is -0.481 e. The average Bonchev–Trinajstić information content (AvgIpc) is 2.67. The number of Topliss-reactive ketones (excluding diaryl/α,β-unsaturated/α-hetero) is 1. The molecule has 0 radical (unpaired) electrons. The second kappa shape index (κ2) is 15.0. The summed E-state index contributed by atoms with van der Waals surface area (Å²) in [6.45, 7) is 0. The Bertz CT molecular complexity index is 632. The van der Waals surface area contributed by atoms with E-state index in [4.69, 9.17) is 5.11 Å². The SMILES string of the molecule is O=C(O)CCCCCCCCCCCCCCC(=O)Cc1ccnc(C(F)(F)F)c1. The van der Waals surface area contributed by atoms with Gasteiger partial charge in [0.05, 0.1) is 0 Å². The zero-order valence-electron chi connectivity index (χ0n) is 17.7. The summed E-state index contributed by atoms with van der Waals surface area (Å²) in [5.74, 6) is -0.745. The summed E-state index contributed by atoms with van der Waals surface area (Å²) >= 11 is 0. The normalized spacial score (nSPS) is 11.6. The molecule has 0 spiro atoms. The van der Waals surface area contributed by atoms with E-state index in [-0.39, 0.29) is 18.6 Å². The number of pyridine rings is 1. The smallest absolute Gasteiger partial charge is 0.433 e. The fourth-order valence-corrected chi connectivity index (χ4v) is 3.42. The number of unbranched alkanes of at least 4 members (excludes halogenated alkanes) is 11. The number of carboxylic acids is 1. The van der Waals surface area contributed by atoms with Gasteiger partial charge in [-0.25, -0.2) is 0 Å². The van der Waals surface area contributed by atoms with Crippen LogP contribution in [0.15, 0.2) is 18.3 Å². The van der Waals surface area contributed by atoms with E-state index in [0.717, 1.165) is 57.2 Å². The maximum Gasteiger partial charge on any atom is 0.433 e. The van der Waals surface area contributed by atoms with Crippen LogP contribution in [0.25, 0.3) is 0 Å². The van der Waals surface area contributed by atoms with Gasteiger partial charge in [0.2, 0.25) is 0 Å². The summed E-state index contributed by atoms with van der Waals surface area (Å²) in [7, 11) is 0. The van der Waals surface area contributed by atoms with Crippen LogP contribution in [0.5, 0.6) is 0 Å². The van der Waals surface area contributed by atoms with Crippen molar-refractivity contribution in [2.75, 3.05) is 0 Å². The Balaban J connectivity index is 1.96. The van der Waals surface area contributed by atoms with E-state index < -0.39 is 17.8 Å². The summed E-state index contributed by atoms with van der Waals surface area (Å²) in [6, 6.07) is 2.41. The van der Waals surface area contributed by atoms with Gasteiger partial charge < -0.3 is 5.11 Å². The average molecular weight is 430 g/mol. The molecule has 0 fully saturated rings. The Morgan fingerprint density at radius 1 is 0.800 bits per heavy atom. The van der Waals surface area contributed by atoms with E-state index in [9.17, 15) is 22.8 Å². The number of ketones is 1. The van der Waals surface area contributed by atoms with Crippen molar-refractivity contribution in [3.63, 3.8) is 0 Å². The first-order valence-electron chi connectivity index (χ1n) is 11.0. The lowest BCUT2D eigenvalue weighted by Crippen LogP contribution is -2.10. The van der Waals surface area contributed by atoms with Gasteiger partial charge in [0.25, 0.3) is 0 Å². The number of carboxylic acid groups (broad SMARTS) is 1. The molecule has 30 heavy (non-hydrogen) atoms. The lowest BCUT2D eigenvalue weighted by atomic mass is 10.0. The van der Waals surface area contributed by atoms with Gasteiger partial charge in [0.15, 0.2) is 0 Å². The monoisotopic (exact) mass is 429 g/mol. The van der Waals surface area contributed by atoms with Crippen molar-refractivity contribution in [2.45, 2.75) is 102 Å². The van der Waals surface area contributed by atoms with E-state index >= 15 is 0 Å². The molecule has 4 nitrogen and oxygen atoms in total. The summed E-state index contributed by atoms with van der Waals surface area (Å²) in [6.07, 6.45) is 10.2. The van der Waals surface area contributed by atoms with Crippen LogP contribution in [0, 0.1) is 0 Å². The molecule has 0 aliphatic rings. The van der Waals surface area contributed by atoms with E-state index in [1.165, 1.54) is 38.2 Å². The van der Waals surface area contributed by atoms with E-state index in [1.807, 2.05) is 0 Å². The molecule has 0 saturated heterocycles. The summed E-state index contributed by atoms with van der Waals surface area (Å²) in [5.41, 5.74) is -0.588. The van der Waals surface area contributed by atoms with Crippen LogP contribution >= 0.6 is 0 Å². The number of aromatic nitrogens is 1. The fourth-order valence-electron chi connectivity index (χ4n) is 3.42. The van der Waals surface area contributed by atoms with Crippen molar-refractivity contribution in [2.24, 2.45) is 0 Å². The highest BCUT2D eigenvalue weighted by Crippen LogP contribution is 2.27. The van der Waals surface area contributed by atoms with Gasteiger partial charge in [-0.2, -0.15) is 13.2 Å². The minimum atomic E-state index is -4.49. The zero-order valence-corrected chi connectivity index (χ0v) is 17.7. The Morgan fingerprint density at radius 3 is 1.73 bits per heavy atom. The molecule has 1 aromatic rings. The number of nitrogens with zero attached hydrogens (tertiary/aromatic N) is 1. The molecule has 170 valence electrons. The number of hydrogen-bond acceptors (Lipinski definition) is 3. The first-order chi connectivity index (χ1) is 14.3. The van der Waals surface area contributed by atoms with Crippen LogP contribution in [-0.2, 0) is 22.2 Å². The molecule has 1 heterocycles. The van der Waals surface area contributed by atoms with Crippen LogP contribution in [-0.4, -0.2) is 21.8 Å². The third-order valence-corrected chi connectivity index (χ3v) is 5.11. The number of carbonyl (C=O) groups excluding carboxylic acids is 1. The number of carbonyl (C=O) groups is 2. The van der Waals surface area contributed by atoms with Gasteiger partial charge in [-0.3, -0.25) is 14.6 Å². The van der Waals surface area contributed by atoms with Crippen molar-refractivity contribution >= 4 is 11.8 Å². The van der Waals surface area contributed by atoms with Crippen molar-refractivity contribution in [1.29, 1.82) is 0 Å². The number of alkyl halides is 3. The highest BCUT2D eigenvalue weighted by atomic mass is 19.4. The Hall–Kier alpha value is -1.92. The Kier molecular flexibility index (Phi) is 13.0. The molecule has 0 bridgehead atoms. The van der Waals surface area contributed by atoms with Crippen molar-refractivity contribution < 1.29 is 27.9 Å². The van der Waals surface area contributed by atoms with Gasteiger partial charge in [0.1, 0.15) is 11.5 Å². The van der Waals surface area contributed by atoms with E-state index in [1.54, 1.807) is 0 Å². The van der Waals surface area contributed by atoms with E-state index in [0.29, 0.717) is 12.0 Å². The lowest BCUT2D eigenvalue weighted by molar-refractivity contribution is -0.141. The molecule has 0 aliphatic carbocycles. The van der Waals surface area contributed by atoms with Crippen molar-refractivity contribution in [3.05, 3.63) is 29.6 Å². The van der Waals surface area contributed by atoms with E-state index in [2.05, 4.69) is 4.98 Å². The second-order valence-electron chi connectivity index (χ2n) is 7.90. The van der Waals surface area contributed by atoms with Crippen LogP contribution in [0.3, 0.4) is 0 Å². The molecule has 0 saturated carbocycles. The molecule has 1 rings (SSSR count). The van der Waals surface area contributed by atoms with Crippen LogP contribution in [0.1, 0.15) is 101 Å². The first kappa shape index (κ1) is 26.1. The van der Waals surface area contributed by atoms with Gasteiger partial charge >= 0.3 is 12.1 Å². The Labute approximate surface area is 177 Å². The predicted octanol–water partition coefficient (Wildman–Crippen LogP) is 6.76. The first-order valence-corrected chi connectivity index (χ1v) is 11.0. The third kappa shape index (κ3) is 13.3. The van der Waals surface area contributed by atoms with Crippen molar-refractivity contribution in [3.8, 4) is 0 Å². The highest BCUT2D eigenvalue weighted by Gasteiger charge is 2.32. The zero-order chi connectivity index (χ0) is 22.2. The van der Waals surface area contributed by atoms with Gasteiger partial charge in [0, 0.05) is 25.5 Å². The van der Waals surface area contributed by atoms with Crippen LogP contribution < -0.4 is 0 Å². The van der Waals surface area contributed by atoms with Gasteiger partial charge in [-0.05, 0) is 30.5 Å². The molecule has 0 aromatic carbocycles. The molecule has 0 unspecified atom stereocenters. The molecule has 0 atom stereocenters. The highest BCUT2D eigenvalue weighted by molar-refractivity contribution is 5.80. The molecule has 7 heteroatoms. The predicted molar refractivity (Wildman–Crippen MR) is 110 cm³/mol. The Morgan fingerprint density at radius 2 is 1.27 bits per heavy atom. The molecular weight excluding hydrogens is 395 g/mol. The quantitative estimate of drug-likeness (QED) is 0.278. The lowest BCUT2D eigenvalue weighted by Gasteiger charge is -2.07. The summed E-state index contributed by atoms with van der Waals surface area (Å²) < 4.78 is 37.9. The maximum atomic E-state index is 12.6. The number of halogens is 3. The maximum absolute atomic E-state index is 12.6. The number of hydrogen-bond donors (Lipinski definition) is 1. The third-order valence-electron chi connectivity index (χ3n) is 5.11. The van der Waals surface area contributed by atoms with Gasteiger partial charge in [-0.1, -0.05) is 64.2 Å². The fraction of sp³-hybridized carbons (Fsp3) is 0.696. The largest absolute Gasteiger partial charge is 0.481 e. The number of aliphatic carboxylic acids is 1. The summed E-state index contributed by atoms with van der Waals surface area (Å²) in [5, 5.41) is 8.56. The minimum absolute atomic E-state index is 0.0297. The van der Waals surface area contributed by atoms with Crippen LogP contribution in [0.4, 0.5) is 13.2 Å². The standard InChI is InChI=1S/C23H34F3NO3/c24-23(25,26)21-18-19(15-16-27-21)17-20(28)13-11-9-7-5-3-1-2-4-6-8-10-12-14-22(29)30/h15-16,18H,1-14,17H2,(H,29,30). The topological polar surface area (TPSA) is 67.3 Å². The molecule has 0 amide bonds. The molecule has 1 aromatic heterocycles. The molecule has 0 aliphatic heterocycles. The molecule has 1 N–H and O–H groups in total. The van der Waals surface area contributed by atoms with Crippen molar-refractivity contribution in [1.82, 2.24) is 4.98 Å². The molecular formula is C23H34F3NO3. The van der Waals surface area contributed by atoms with Gasteiger partial charge in [-0.15, -0.1) is 0 Å².